The first-order valence-corrected chi connectivity index (χ1v) is 12.9. The molecule has 0 radical (unpaired) electrons. The predicted molar refractivity (Wildman–Crippen MR) is 148 cm³/mol. The van der Waals surface area contributed by atoms with Crippen molar-refractivity contribution in [3.63, 3.8) is 0 Å². The molecule has 0 fully saturated rings. The second-order valence-corrected chi connectivity index (χ2v) is 9.33. The summed E-state index contributed by atoms with van der Waals surface area (Å²) in [5.74, 6) is 0.351. The number of ether oxygens (including phenoxy) is 3. The second kappa shape index (κ2) is 12.4. The Bertz CT molecular complexity index is 1500. The van der Waals surface area contributed by atoms with Crippen LogP contribution in [-0.2, 0) is 10.9 Å². The smallest absolute Gasteiger partial charge is 0.416 e. The summed E-state index contributed by atoms with van der Waals surface area (Å²) in [7, 11) is 1.60. The summed E-state index contributed by atoms with van der Waals surface area (Å²) >= 11 is 0. The molecule has 0 spiro atoms. The van der Waals surface area contributed by atoms with Gasteiger partial charge in [0.25, 0.3) is 0 Å². The van der Waals surface area contributed by atoms with Gasteiger partial charge >= 0.3 is 12.1 Å². The molecule has 9 heteroatoms. The number of esters is 1. The number of pyridine rings is 1. The van der Waals surface area contributed by atoms with Crippen molar-refractivity contribution in [1.82, 2.24) is 10.3 Å². The fourth-order valence-corrected chi connectivity index (χ4v) is 4.35. The van der Waals surface area contributed by atoms with Crippen LogP contribution in [0.1, 0.15) is 47.1 Å². The van der Waals surface area contributed by atoms with E-state index in [-0.39, 0.29) is 30.7 Å². The lowest BCUT2D eigenvalue weighted by molar-refractivity contribution is -0.137. The van der Waals surface area contributed by atoms with Crippen molar-refractivity contribution in [3.05, 3.63) is 89.1 Å². The molecule has 0 aliphatic heterocycles. The number of hydrogen-bond acceptors (Lipinski definition) is 6. The summed E-state index contributed by atoms with van der Waals surface area (Å²) in [6.07, 6.45) is -4.54. The molecule has 0 saturated carbocycles. The lowest BCUT2D eigenvalue weighted by atomic mass is 9.99. The van der Waals surface area contributed by atoms with Gasteiger partial charge in [0.15, 0.2) is 5.69 Å². The molecule has 0 bridgehead atoms. The first kappa shape index (κ1) is 28.9. The van der Waals surface area contributed by atoms with Gasteiger partial charge in [-0.1, -0.05) is 18.2 Å². The van der Waals surface area contributed by atoms with Crippen LogP contribution in [0.5, 0.6) is 11.5 Å². The van der Waals surface area contributed by atoms with E-state index in [4.69, 9.17) is 14.2 Å². The third-order valence-corrected chi connectivity index (χ3v) is 6.46. The SMILES string of the molecule is CCOC(=O)c1nc2ccc(-c3cc(OCCN[C@H](C)c4cccc(OC)c4)cc(C(F)(F)F)c3)cc2cc1C. The number of carbonyl (C=O) groups excluding carboxylic acids is 1. The van der Waals surface area contributed by atoms with Crippen LogP contribution in [0.2, 0.25) is 0 Å². The van der Waals surface area contributed by atoms with Gasteiger partial charge < -0.3 is 19.5 Å². The highest BCUT2D eigenvalue weighted by Crippen LogP contribution is 2.36. The Morgan fingerprint density at radius 3 is 2.52 bits per heavy atom. The van der Waals surface area contributed by atoms with E-state index in [9.17, 15) is 18.0 Å². The monoisotopic (exact) mass is 552 g/mol. The van der Waals surface area contributed by atoms with Crippen molar-refractivity contribution in [2.75, 3.05) is 26.9 Å². The normalized spacial score (nSPS) is 12.3. The number of aromatic nitrogens is 1. The number of carbonyl (C=O) groups is 1. The second-order valence-electron chi connectivity index (χ2n) is 9.33. The van der Waals surface area contributed by atoms with Gasteiger partial charge in [-0.3, -0.25) is 0 Å². The standard InChI is InChI=1S/C31H31F3N2O4/c1-5-39-30(37)29-19(2)13-24-14-22(9-10-28(24)36-29)23-15-25(31(32,33)34)18-27(17-23)40-12-11-35-20(3)21-7-6-8-26(16-21)38-4/h6-10,13-18,20,35H,5,11-12H2,1-4H3/t20-/m1/s1. The van der Waals surface area contributed by atoms with E-state index in [2.05, 4.69) is 10.3 Å². The Morgan fingerprint density at radius 2 is 1.80 bits per heavy atom. The fraction of sp³-hybridized carbons (Fsp3) is 0.290. The van der Waals surface area contributed by atoms with Crippen molar-refractivity contribution in [1.29, 1.82) is 0 Å². The first-order chi connectivity index (χ1) is 19.1. The number of halogens is 3. The van der Waals surface area contributed by atoms with Crippen molar-refractivity contribution >= 4 is 16.9 Å². The molecule has 3 aromatic carbocycles. The Morgan fingerprint density at radius 1 is 1.00 bits per heavy atom. The third kappa shape index (κ3) is 6.90. The Hall–Kier alpha value is -4.11. The number of benzene rings is 3. The molecule has 210 valence electrons. The molecule has 1 heterocycles. The summed E-state index contributed by atoms with van der Waals surface area (Å²) in [6, 6.07) is 18.2. The van der Waals surface area contributed by atoms with Crippen LogP contribution in [0.3, 0.4) is 0 Å². The van der Waals surface area contributed by atoms with E-state index < -0.39 is 17.7 Å². The van der Waals surface area contributed by atoms with E-state index in [1.54, 1.807) is 51.3 Å². The van der Waals surface area contributed by atoms with Gasteiger partial charge in [0, 0.05) is 18.0 Å². The highest BCUT2D eigenvalue weighted by atomic mass is 19.4. The van der Waals surface area contributed by atoms with E-state index in [0.29, 0.717) is 34.1 Å². The molecule has 0 amide bonds. The van der Waals surface area contributed by atoms with Gasteiger partial charge in [-0.25, -0.2) is 9.78 Å². The van der Waals surface area contributed by atoms with Crippen molar-refractivity contribution in [3.8, 4) is 22.6 Å². The van der Waals surface area contributed by atoms with Gasteiger partial charge in [0.05, 0.1) is 24.8 Å². The molecule has 40 heavy (non-hydrogen) atoms. The van der Waals surface area contributed by atoms with Gasteiger partial charge in [0.2, 0.25) is 0 Å². The maximum atomic E-state index is 13.8. The molecule has 1 aromatic heterocycles. The predicted octanol–water partition coefficient (Wildman–Crippen LogP) is 7.14. The van der Waals surface area contributed by atoms with Crippen LogP contribution in [0.25, 0.3) is 22.0 Å². The Labute approximate surface area is 231 Å². The van der Waals surface area contributed by atoms with E-state index in [1.165, 1.54) is 0 Å². The molecular weight excluding hydrogens is 521 g/mol. The molecule has 4 rings (SSSR count). The molecule has 0 saturated heterocycles. The summed E-state index contributed by atoms with van der Waals surface area (Å²) in [5, 5.41) is 4.01. The minimum absolute atomic E-state index is 0.00483. The van der Waals surface area contributed by atoms with Crippen LogP contribution >= 0.6 is 0 Å². The quantitative estimate of drug-likeness (QED) is 0.167. The Kier molecular flexibility index (Phi) is 8.94. The number of nitrogens with one attached hydrogen (secondary N) is 1. The summed E-state index contributed by atoms with van der Waals surface area (Å²) in [6.45, 7) is 6.27. The average molecular weight is 553 g/mol. The van der Waals surface area contributed by atoms with Crippen molar-refractivity contribution in [2.24, 2.45) is 0 Å². The number of nitrogens with zero attached hydrogens (tertiary/aromatic N) is 1. The number of alkyl halides is 3. The van der Waals surface area contributed by atoms with Gasteiger partial charge in [0.1, 0.15) is 18.1 Å². The van der Waals surface area contributed by atoms with Crippen LogP contribution in [-0.4, -0.2) is 37.8 Å². The van der Waals surface area contributed by atoms with Crippen molar-refractivity contribution < 1.29 is 32.2 Å². The van der Waals surface area contributed by atoms with Gasteiger partial charge in [-0.05, 0) is 91.6 Å². The number of fused-ring (bicyclic) bond motifs is 1. The van der Waals surface area contributed by atoms with Gasteiger partial charge in [-0.2, -0.15) is 13.2 Å². The van der Waals surface area contributed by atoms with Crippen LogP contribution in [0, 0.1) is 6.92 Å². The number of hydrogen-bond donors (Lipinski definition) is 1. The highest BCUT2D eigenvalue weighted by molar-refractivity contribution is 5.94. The topological polar surface area (TPSA) is 69.7 Å². The van der Waals surface area contributed by atoms with E-state index >= 15 is 0 Å². The molecule has 0 aliphatic rings. The van der Waals surface area contributed by atoms with E-state index in [1.807, 2.05) is 31.2 Å². The largest absolute Gasteiger partial charge is 0.497 e. The zero-order valence-electron chi connectivity index (χ0n) is 22.8. The Balaban J connectivity index is 1.54. The summed E-state index contributed by atoms with van der Waals surface area (Å²) < 4.78 is 57.4. The highest BCUT2D eigenvalue weighted by Gasteiger charge is 2.31. The molecule has 0 unspecified atom stereocenters. The fourth-order valence-electron chi connectivity index (χ4n) is 4.35. The average Bonchev–Trinajstić information content (AvgIpc) is 2.94. The maximum Gasteiger partial charge on any atom is 0.416 e. The molecular formula is C31H31F3N2O4. The summed E-state index contributed by atoms with van der Waals surface area (Å²) in [5.41, 5.74) is 2.52. The first-order valence-electron chi connectivity index (χ1n) is 12.9. The van der Waals surface area contributed by atoms with Gasteiger partial charge in [-0.15, -0.1) is 0 Å². The maximum absolute atomic E-state index is 13.8. The zero-order chi connectivity index (χ0) is 28.9. The van der Waals surface area contributed by atoms with Crippen molar-refractivity contribution in [2.45, 2.75) is 33.0 Å². The molecule has 6 nitrogen and oxygen atoms in total. The number of rotatable bonds is 10. The number of aryl methyl sites for hydroxylation is 1. The third-order valence-electron chi connectivity index (χ3n) is 6.46. The minimum atomic E-state index is -4.54. The van der Waals surface area contributed by atoms with E-state index in [0.717, 1.165) is 23.4 Å². The zero-order valence-corrected chi connectivity index (χ0v) is 22.8. The minimum Gasteiger partial charge on any atom is -0.497 e. The molecule has 4 aromatic rings. The molecule has 1 N–H and O–H groups in total. The summed E-state index contributed by atoms with van der Waals surface area (Å²) in [4.78, 5) is 16.6. The lowest BCUT2D eigenvalue weighted by Gasteiger charge is -2.17. The number of methoxy groups -OCH3 is 1. The van der Waals surface area contributed by atoms with Crippen LogP contribution in [0.4, 0.5) is 13.2 Å². The van der Waals surface area contributed by atoms with Crippen LogP contribution in [0.15, 0.2) is 66.7 Å². The lowest BCUT2D eigenvalue weighted by Crippen LogP contribution is -2.24. The molecule has 0 aliphatic carbocycles. The van der Waals surface area contributed by atoms with Crippen LogP contribution < -0.4 is 14.8 Å². The molecule has 1 atom stereocenters.